The number of ether oxygens (including phenoxy) is 1. The van der Waals surface area contributed by atoms with Crippen molar-refractivity contribution in [1.29, 1.82) is 0 Å². The quantitative estimate of drug-likeness (QED) is 0.364. The Morgan fingerprint density at radius 3 is 2.56 bits per heavy atom. The van der Waals surface area contributed by atoms with E-state index in [0.717, 1.165) is 37.5 Å². The van der Waals surface area contributed by atoms with Crippen molar-refractivity contribution in [3.8, 4) is 5.75 Å². The molecule has 0 saturated carbocycles. The zero-order valence-corrected chi connectivity index (χ0v) is 14.6. The Morgan fingerprint density at radius 2 is 1.80 bits per heavy atom. The maximum absolute atomic E-state index is 9.59. The van der Waals surface area contributed by atoms with Crippen molar-refractivity contribution in [1.82, 2.24) is 15.6 Å². The van der Waals surface area contributed by atoms with E-state index in [1.165, 1.54) is 6.92 Å². The molecular formula is C19H27N3O3. The van der Waals surface area contributed by atoms with Crippen molar-refractivity contribution < 1.29 is 14.9 Å². The average Bonchev–Trinajstić information content (AvgIpc) is 2.61. The van der Waals surface area contributed by atoms with Gasteiger partial charge in [0.1, 0.15) is 12.4 Å². The summed E-state index contributed by atoms with van der Waals surface area (Å²) in [6, 6.07) is 13.1. The molecule has 4 N–H and O–H groups in total. The Kier molecular flexibility index (Phi) is 7.81. The van der Waals surface area contributed by atoms with E-state index in [2.05, 4.69) is 15.6 Å². The summed E-state index contributed by atoms with van der Waals surface area (Å²) in [5.41, 5.74) is 1.23. The average molecular weight is 345 g/mol. The molecule has 25 heavy (non-hydrogen) atoms. The topological polar surface area (TPSA) is 86.6 Å². The summed E-state index contributed by atoms with van der Waals surface area (Å²) in [5, 5.41) is 25.8. The van der Waals surface area contributed by atoms with Crippen LogP contribution in [0.15, 0.2) is 48.7 Å². The van der Waals surface area contributed by atoms with E-state index >= 15 is 0 Å². The number of hydrogen-bond donors (Lipinski definition) is 4. The number of para-hydroxylation sites is 1. The molecule has 0 aliphatic carbocycles. The molecule has 6 heteroatoms. The van der Waals surface area contributed by atoms with Gasteiger partial charge >= 0.3 is 0 Å². The SMILES string of the molecule is CC(O)(O)c1ccnc(CNCCCNCCOc2ccccc2)c1. The van der Waals surface area contributed by atoms with E-state index in [4.69, 9.17) is 4.74 Å². The smallest absolute Gasteiger partial charge is 0.186 e. The third-order valence-corrected chi connectivity index (χ3v) is 3.67. The highest BCUT2D eigenvalue weighted by Gasteiger charge is 2.18. The van der Waals surface area contributed by atoms with Gasteiger partial charge in [-0.25, -0.2) is 0 Å². The number of rotatable bonds is 11. The molecular weight excluding hydrogens is 318 g/mol. The number of hydrogen-bond acceptors (Lipinski definition) is 6. The Hall–Kier alpha value is -1.99. The zero-order valence-electron chi connectivity index (χ0n) is 14.6. The van der Waals surface area contributed by atoms with Crippen molar-refractivity contribution in [2.45, 2.75) is 25.7 Å². The lowest BCUT2D eigenvalue weighted by atomic mass is 10.1. The first kappa shape index (κ1) is 19.3. The molecule has 0 bridgehead atoms. The van der Waals surface area contributed by atoms with Gasteiger partial charge in [-0.15, -0.1) is 0 Å². The van der Waals surface area contributed by atoms with Gasteiger partial charge in [-0.3, -0.25) is 4.98 Å². The second-order valence-electron chi connectivity index (χ2n) is 6.00. The van der Waals surface area contributed by atoms with Crippen LogP contribution in [0.4, 0.5) is 0 Å². The molecule has 0 fully saturated rings. The Labute approximate surface area is 148 Å². The van der Waals surface area contributed by atoms with Gasteiger partial charge in [0.15, 0.2) is 5.79 Å². The van der Waals surface area contributed by atoms with Crippen LogP contribution in [0.1, 0.15) is 24.6 Å². The number of benzene rings is 1. The van der Waals surface area contributed by atoms with Crippen LogP contribution >= 0.6 is 0 Å². The highest BCUT2D eigenvalue weighted by molar-refractivity contribution is 5.21. The predicted octanol–water partition coefficient (Wildman–Crippen LogP) is 1.39. The van der Waals surface area contributed by atoms with Crippen molar-refractivity contribution in [2.24, 2.45) is 0 Å². The van der Waals surface area contributed by atoms with Crippen LogP contribution in [0.2, 0.25) is 0 Å². The van der Waals surface area contributed by atoms with Gasteiger partial charge < -0.3 is 25.6 Å². The monoisotopic (exact) mass is 345 g/mol. The molecule has 0 aliphatic heterocycles. The van der Waals surface area contributed by atoms with Gasteiger partial charge in [0.2, 0.25) is 0 Å². The first-order chi connectivity index (χ1) is 12.1. The fraction of sp³-hybridized carbons (Fsp3) is 0.421. The van der Waals surface area contributed by atoms with Crippen molar-refractivity contribution in [3.63, 3.8) is 0 Å². The molecule has 2 rings (SSSR count). The molecule has 6 nitrogen and oxygen atoms in total. The normalized spacial score (nSPS) is 11.5. The van der Waals surface area contributed by atoms with Crippen molar-refractivity contribution in [2.75, 3.05) is 26.2 Å². The lowest BCUT2D eigenvalue weighted by Crippen LogP contribution is -2.25. The van der Waals surface area contributed by atoms with Crippen LogP contribution in [0, 0.1) is 0 Å². The molecule has 0 unspecified atom stereocenters. The Morgan fingerprint density at radius 1 is 1.04 bits per heavy atom. The molecule has 2 aromatic rings. The minimum absolute atomic E-state index is 0.444. The fourth-order valence-electron chi connectivity index (χ4n) is 2.31. The van der Waals surface area contributed by atoms with Gasteiger partial charge in [0, 0.05) is 24.8 Å². The number of aromatic nitrogens is 1. The second-order valence-corrected chi connectivity index (χ2v) is 6.00. The highest BCUT2D eigenvalue weighted by Crippen LogP contribution is 2.16. The maximum Gasteiger partial charge on any atom is 0.186 e. The van der Waals surface area contributed by atoms with Crippen LogP contribution in [0.5, 0.6) is 5.75 Å². The van der Waals surface area contributed by atoms with Crippen LogP contribution in [-0.2, 0) is 12.3 Å². The minimum Gasteiger partial charge on any atom is -0.492 e. The fourth-order valence-corrected chi connectivity index (χ4v) is 2.31. The predicted molar refractivity (Wildman–Crippen MR) is 97.2 cm³/mol. The summed E-state index contributed by atoms with van der Waals surface area (Å²) >= 11 is 0. The van der Waals surface area contributed by atoms with E-state index in [1.807, 2.05) is 30.3 Å². The first-order valence-electron chi connectivity index (χ1n) is 8.55. The maximum atomic E-state index is 9.59. The number of aliphatic hydroxyl groups is 2. The van der Waals surface area contributed by atoms with Crippen LogP contribution in [0.25, 0.3) is 0 Å². The van der Waals surface area contributed by atoms with Gasteiger partial charge in [-0.1, -0.05) is 18.2 Å². The number of pyridine rings is 1. The van der Waals surface area contributed by atoms with E-state index in [0.29, 0.717) is 18.7 Å². The first-order valence-corrected chi connectivity index (χ1v) is 8.55. The summed E-state index contributed by atoms with van der Waals surface area (Å²) in [5.74, 6) is -0.939. The lowest BCUT2D eigenvalue weighted by Gasteiger charge is -2.16. The van der Waals surface area contributed by atoms with Crippen LogP contribution < -0.4 is 15.4 Å². The van der Waals surface area contributed by atoms with Gasteiger partial charge in [-0.05, 0) is 50.7 Å². The third-order valence-electron chi connectivity index (χ3n) is 3.67. The lowest BCUT2D eigenvalue weighted by molar-refractivity contribution is -0.152. The van der Waals surface area contributed by atoms with Gasteiger partial charge in [0.05, 0.1) is 5.69 Å². The van der Waals surface area contributed by atoms with Crippen LogP contribution in [-0.4, -0.2) is 41.4 Å². The van der Waals surface area contributed by atoms with E-state index < -0.39 is 5.79 Å². The number of nitrogens with zero attached hydrogens (tertiary/aromatic N) is 1. The molecule has 136 valence electrons. The molecule has 1 aromatic heterocycles. The minimum atomic E-state index is -1.83. The molecule has 0 radical (unpaired) electrons. The molecule has 0 amide bonds. The van der Waals surface area contributed by atoms with Crippen molar-refractivity contribution >= 4 is 0 Å². The van der Waals surface area contributed by atoms with Gasteiger partial charge in [-0.2, -0.15) is 0 Å². The van der Waals surface area contributed by atoms with Crippen molar-refractivity contribution in [3.05, 3.63) is 59.9 Å². The molecule has 0 spiro atoms. The van der Waals surface area contributed by atoms with E-state index in [9.17, 15) is 10.2 Å². The zero-order chi connectivity index (χ0) is 18.0. The van der Waals surface area contributed by atoms with E-state index in [1.54, 1.807) is 18.3 Å². The molecule has 0 atom stereocenters. The highest BCUT2D eigenvalue weighted by atomic mass is 16.5. The molecule has 0 saturated heterocycles. The standard InChI is InChI=1S/C19H27N3O3/c1-19(23,24)16-8-11-22-17(14-16)15-21-10-5-9-20-12-13-25-18-6-3-2-4-7-18/h2-4,6-8,11,14,20-21,23-24H,5,9-10,12-13,15H2,1H3. The summed E-state index contributed by atoms with van der Waals surface area (Å²) in [7, 11) is 0. The molecule has 1 aromatic carbocycles. The summed E-state index contributed by atoms with van der Waals surface area (Å²) in [6.07, 6.45) is 2.58. The summed E-state index contributed by atoms with van der Waals surface area (Å²) < 4.78 is 5.60. The van der Waals surface area contributed by atoms with Gasteiger partial charge in [0.25, 0.3) is 0 Å². The molecule has 0 aliphatic rings. The Bertz CT molecular complexity index is 615. The number of nitrogens with one attached hydrogen (secondary N) is 2. The third kappa shape index (κ3) is 7.62. The van der Waals surface area contributed by atoms with Crippen LogP contribution in [0.3, 0.4) is 0 Å². The Balaban J connectivity index is 1.51. The van der Waals surface area contributed by atoms with E-state index in [-0.39, 0.29) is 0 Å². The summed E-state index contributed by atoms with van der Waals surface area (Å²) in [4.78, 5) is 4.22. The second kappa shape index (κ2) is 10.1. The summed E-state index contributed by atoms with van der Waals surface area (Å²) in [6.45, 7) is 5.16. The largest absolute Gasteiger partial charge is 0.492 e. The molecule has 1 heterocycles.